The van der Waals surface area contributed by atoms with Gasteiger partial charge in [-0.2, -0.15) is 0 Å². The van der Waals surface area contributed by atoms with Crippen LogP contribution in [-0.4, -0.2) is 24.5 Å². The molecule has 2 aromatic rings. The van der Waals surface area contributed by atoms with E-state index < -0.39 is 17.8 Å². The molecule has 0 spiro atoms. The SMILES string of the molecule is CCOc1cccc(C=C2C(=O)NC(=O)N(c3ccc(C)c(C)c3)C2=O)c1. The van der Waals surface area contributed by atoms with Crippen LogP contribution in [0.3, 0.4) is 0 Å². The van der Waals surface area contributed by atoms with Crippen molar-refractivity contribution in [3.05, 3.63) is 64.7 Å². The van der Waals surface area contributed by atoms with E-state index in [1.165, 1.54) is 6.08 Å². The zero-order valence-corrected chi connectivity index (χ0v) is 15.4. The zero-order chi connectivity index (χ0) is 19.6. The number of carbonyl (C=O) groups is 3. The Bertz CT molecular complexity index is 962. The van der Waals surface area contributed by atoms with E-state index in [4.69, 9.17) is 4.74 Å². The third-order valence-corrected chi connectivity index (χ3v) is 4.33. The number of hydrogen-bond donors (Lipinski definition) is 1. The number of hydrogen-bond acceptors (Lipinski definition) is 4. The minimum atomic E-state index is -0.756. The smallest absolute Gasteiger partial charge is 0.335 e. The van der Waals surface area contributed by atoms with Gasteiger partial charge in [-0.15, -0.1) is 0 Å². The number of rotatable bonds is 4. The highest BCUT2D eigenvalue weighted by Crippen LogP contribution is 2.24. The number of carbonyl (C=O) groups excluding carboxylic acids is 3. The number of imide groups is 2. The number of amides is 4. The first kappa shape index (κ1) is 18.4. The Balaban J connectivity index is 1.99. The van der Waals surface area contributed by atoms with Crippen molar-refractivity contribution in [3.8, 4) is 5.75 Å². The van der Waals surface area contributed by atoms with Crippen molar-refractivity contribution >= 4 is 29.6 Å². The van der Waals surface area contributed by atoms with Crippen molar-refractivity contribution in [3.63, 3.8) is 0 Å². The fourth-order valence-electron chi connectivity index (χ4n) is 2.78. The van der Waals surface area contributed by atoms with Gasteiger partial charge in [-0.05, 0) is 67.8 Å². The molecule has 0 aliphatic carbocycles. The van der Waals surface area contributed by atoms with E-state index in [1.54, 1.807) is 36.4 Å². The lowest BCUT2D eigenvalue weighted by molar-refractivity contribution is -0.122. The predicted molar refractivity (Wildman–Crippen MR) is 103 cm³/mol. The molecular weight excluding hydrogens is 344 g/mol. The average molecular weight is 364 g/mol. The van der Waals surface area contributed by atoms with Gasteiger partial charge < -0.3 is 4.74 Å². The Labute approximate surface area is 157 Å². The van der Waals surface area contributed by atoms with Gasteiger partial charge >= 0.3 is 6.03 Å². The Morgan fingerprint density at radius 1 is 1.04 bits per heavy atom. The fourth-order valence-corrected chi connectivity index (χ4v) is 2.78. The maximum atomic E-state index is 12.9. The first-order valence-electron chi connectivity index (χ1n) is 8.62. The molecule has 1 fully saturated rings. The highest BCUT2D eigenvalue weighted by atomic mass is 16.5. The highest BCUT2D eigenvalue weighted by Gasteiger charge is 2.36. The van der Waals surface area contributed by atoms with Crippen LogP contribution in [0.1, 0.15) is 23.6 Å². The van der Waals surface area contributed by atoms with Gasteiger partial charge in [0.15, 0.2) is 0 Å². The summed E-state index contributed by atoms with van der Waals surface area (Å²) in [5.74, 6) is -0.738. The summed E-state index contributed by atoms with van der Waals surface area (Å²) in [5.41, 5.74) is 2.93. The molecule has 3 rings (SSSR count). The summed E-state index contributed by atoms with van der Waals surface area (Å²) in [4.78, 5) is 38.4. The molecule has 0 unspecified atom stereocenters. The summed E-state index contributed by atoms with van der Waals surface area (Å²) < 4.78 is 5.44. The van der Waals surface area contributed by atoms with Crippen LogP contribution in [0, 0.1) is 13.8 Å². The van der Waals surface area contributed by atoms with Crippen LogP contribution in [0.15, 0.2) is 48.0 Å². The normalized spacial score (nSPS) is 15.9. The summed E-state index contributed by atoms with van der Waals surface area (Å²) in [6.45, 7) is 6.22. The standard InChI is InChI=1S/C21H20N2O4/c1-4-27-17-7-5-6-15(11-17)12-18-19(24)22-21(26)23(20(18)25)16-9-8-13(2)14(3)10-16/h5-12H,4H2,1-3H3,(H,22,24,26). The van der Waals surface area contributed by atoms with Gasteiger partial charge in [0, 0.05) is 0 Å². The third kappa shape index (κ3) is 3.74. The molecule has 0 aromatic heterocycles. The van der Waals surface area contributed by atoms with Crippen LogP contribution in [0.2, 0.25) is 0 Å². The lowest BCUT2D eigenvalue weighted by atomic mass is 10.0. The van der Waals surface area contributed by atoms with Crippen LogP contribution in [0.5, 0.6) is 5.75 Å². The Morgan fingerprint density at radius 2 is 1.81 bits per heavy atom. The largest absolute Gasteiger partial charge is 0.494 e. The van der Waals surface area contributed by atoms with Crippen molar-refractivity contribution in [1.29, 1.82) is 0 Å². The third-order valence-electron chi connectivity index (χ3n) is 4.33. The monoisotopic (exact) mass is 364 g/mol. The molecule has 1 heterocycles. The second-order valence-corrected chi connectivity index (χ2v) is 6.23. The second kappa shape index (κ2) is 7.45. The molecular formula is C21H20N2O4. The van der Waals surface area contributed by atoms with Gasteiger partial charge in [0.25, 0.3) is 11.8 Å². The minimum Gasteiger partial charge on any atom is -0.494 e. The summed E-state index contributed by atoms with van der Waals surface area (Å²) in [5, 5.41) is 2.23. The molecule has 4 amide bonds. The summed E-state index contributed by atoms with van der Waals surface area (Å²) in [6.07, 6.45) is 1.46. The number of nitrogens with one attached hydrogen (secondary N) is 1. The van der Waals surface area contributed by atoms with Gasteiger partial charge in [0.1, 0.15) is 11.3 Å². The molecule has 138 valence electrons. The van der Waals surface area contributed by atoms with Crippen LogP contribution in [0.25, 0.3) is 6.08 Å². The first-order valence-corrected chi connectivity index (χ1v) is 8.62. The number of nitrogens with zero attached hydrogens (tertiary/aromatic N) is 1. The molecule has 0 atom stereocenters. The molecule has 6 nitrogen and oxygen atoms in total. The molecule has 6 heteroatoms. The number of urea groups is 1. The van der Waals surface area contributed by atoms with Crippen LogP contribution in [-0.2, 0) is 9.59 Å². The Morgan fingerprint density at radius 3 is 2.52 bits per heavy atom. The van der Waals surface area contributed by atoms with Crippen molar-refractivity contribution < 1.29 is 19.1 Å². The molecule has 1 N–H and O–H groups in total. The Kier molecular flexibility index (Phi) is 5.07. The van der Waals surface area contributed by atoms with Crippen molar-refractivity contribution in [1.82, 2.24) is 5.32 Å². The van der Waals surface area contributed by atoms with Crippen molar-refractivity contribution in [2.45, 2.75) is 20.8 Å². The first-order chi connectivity index (χ1) is 12.9. The number of ether oxygens (including phenoxy) is 1. The van der Waals surface area contributed by atoms with E-state index in [1.807, 2.05) is 26.8 Å². The highest BCUT2D eigenvalue weighted by molar-refractivity contribution is 6.39. The number of barbiturate groups is 1. The molecule has 1 aliphatic rings. The van der Waals surface area contributed by atoms with E-state index in [9.17, 15) is 14.4 Å². The lowest BCUT2D eigenvalue weighted by Gasteiger charge is -2.26. The minimum absolute atomic E-state index is 0.110. The molecule has 0 saturated carbocycles. The van der Waals surface area contributed by atoms with Crippen molar-refractivity contribution in [2.75, 3.05) is 11.5 Å². The summed E-state index contributed by atoms with van der Waals surface area (Å²) >= 11 is 0. The van der Waals surface area contributed by atoms with E-state index >= 15 is 0 Å². The molecule has 1 saturated heterocycles. The average Bonchev–Trinajstić information content (AvgIpc) is 2.62. The Hall–Kier alpha value is -3.41. The number of anilines is 1. The van der Waals surface area contributed by atoms with E-state index in [-0.39, 0.29) is 5.57 Å². The van der Waals surface area contributed by atoms with Crippen LogP contribution < -0.4 is 15.0 Å². The zero-order valence-electron chi connectivity index (χ0n) is 15.4. The predicted octanol–water partition coefficient (Wildman–Crippen LogP) is 3.37. The van der Waals surface area contributed by atoms with Gasteiger partial charge in [-0.25, -0.2) is 9.69 Å². The van der Waals surface area contributed by atoms with Gasteiger partial charge in [-0.1, -0.05) is 18.2 Å². The molecule has 27 heavy (non-hydrogen) atoms. The maximum Gasteiger partial charge on any atom is 0.335 e. The second-order valence-electron chi connectivity index (χ2n) is 6.23. The molecule has 2 aromatic carbocycles. The summed E-state index contributed by atoms with van der Waals surface area (Å²) in [7, 11) is 0. The molecule has 0 radical (unpaired) electrons. The van der Waals surface area contributed by atoms with Crippen LogP contribution in [0.4, 0.5) is 10.5 Å². The van der Waals surface area contributed by atoms with E-state index in [0.717, 1.165) is 16.0 Å². The topological polar surface area (TPSA) is 75.7 Å². The van der Waals surface area contributed by atoms with Gasteiger partial charge in [-0.3, -0.25) is 14.9 Å². The lowest BCUT2D eigenvalue weighted by Crippen LogP contribution is -2.54. The van der Waals surface area contributed by atoms with Gasteiger partial charge in [0.2, 0.25) is 0 Å². The van der Waals surface area contributed by atoms with E-state index in [0.29, 0.717) is 23.6 Å². The molecule has 0 bridgehead atoms. The summed E-state index contributed by atoms with van der Waals surface area (Å²) in [6, 6.07) is 11.6. The van der Waals surface area contributed by atoms with Crippen molar-refractivity contribution in [2.24, 2.45) is 0 Å². The molecule has 1 aliphatic heterocycles. The van der Waals surface area contributed by atoms with E-state index in [2.05, 4.69) is 5.32 Å². The fraction of sp³-hybridized carbons (Fsp3) is 0.190. The number of aryl methyl sites for hydroxylation is 2. The quantitative estimate of drug-likeness (QED) is 0.667. The number of benzene rings is 2. The van der Waals surface area contributed by atoms with Crippen LogP contribution >= 0.6 is 0 Å². The van der Waals surface area contributed by atoms with Gasteiger partial charge in [0.05, 0.1) is 12.3 Å². The maximum absolute atomic E-state index is 12.9.